The maximum absolute atomic E-state index is 12.2. The van der Waals surface area contributed by atoms with Crippen molar-refractivity contribution >= 4 is 83.9 Å². The van der Waals surface area contributed by atoms with Crippen molar-refractivity contribution in [1.29, 1.82) is 0 Å². The lowest BCUT2D eigenvalue weighted by Crippen LogP contribution is -2.11. The molecule has 0 aliphatic heterocycles. The van der Waals surface area contributed by atoms with Gasteiger partial charge < -0.3 is 4.74 Å². The Morgan fingerprint density at radius 2 is 1.64 bits per heavy atom. The molecule has 0 aromatic heterocycles. The molecule has 0 aliphatic carbocycles. The molecule has 0 spiro atoms. The minimum absolute atomic E-state index is 0.196. The monoisotopic (exact) mass is 656 g/mol. The molecule has 1 N–H and O–H groups in total. The summed E-state index contributed by atoms with van der Waals surface area (Å²) in [6.07, 6.45) is 0. The molecule has 116 valence electrons. The number of hydrogen-bond acceptors (Lipinski definition) is 4. The molecular formula is C13H7I3O5S. The molecule has 0 atom stereocenters. The number of carbonyl (C=O) groups excluding carboxylic acids is 1. The summed E-state index contributed by atoms with van der Waals surface area (Å²) in [5, 5.41) is 0. The van der Waals surface area contributed by atoms with Gasteiger partial charge in [0, 0.05) is 10.7 Å². The molecule has 0 radical (unpaired) electrons. The maximum atomic E-state index is 12.2. The highest BCUT2D eigenvalue weighted by Gasteiger charge is 2.16. The molecule has 9 heteroatoms. The second-order valence-electron chi connectivity index (χ2n) is 4.09. The number of carbonyl (C=O) groups is 1. The largest absolute Gasteiger partial charge is 0.423 e. The van der Waals surface area contributed by atoms with Gasteiger partial charge >= 0.3 is 5.97 Å². The van der Waals surface area contributed by atoms with Crippen molar-refractivity contribution in [3.63, 3.8) is 0 Å². The van der Waals surface area contributed by atoms with Crippen LogP contribution in [0.1, 0.15) is 10.4 Å². The Balaban J connectivity index is 2.26. The van der Waals surface area contributed by atoms with E-state index in [1.807, 2.05) is 6.07 Å². The van der Waals surface area contributed by atoms with E-state index >= 15 is 0 Å². The van der Waals surface area contributed by atoms with Gasteiger partial charge in [0.05, 0.1) is 10.5 Å². The predicted octanol–water partition coefficient (Wildman–Crippen LogP) is 3.97. The Kier molecular flexibility index (Phi) is 6.07. The van der Waals surface area contributed by atoms with E-state index in [2.05, 4.69) is 67.8 Å². The number of hydrogen-bond donors (Lipinski definition) is 1. The van der Waals surface area contributed by atoms with Gasteiger partial charge in [-0.05, 0) is 104 Å². The van der Waals surface area contributed by atoms with Crippen molar-refractivity contribution in [2.24, 2.45) is 0 Å². The van der Waals surface area contributed by atoms with Gasteiger partial charge in [-0.2, -0.15) is 8.42 Å². The molecule has 0 amide bonds. The van der Waals surface area contributed by atoms with E-state index in [1.165, 1.54) is 24.3 Å². The molecule has 0 saturated heterocycles. The minimum atomic E-state index is -4.26. The number of ether oxygens (including phenoxy) is 1. The zero-order chi connectivity index (χ0) is 16.5. The van der Waals surface area contributed by atoms with Crippen LogP contribution in [0.3, 0.4) is 0 Å². The van der Waals surface area contributed by atoms with Crippen LogP contribution in [0.5, 0.6) is 5.75 Å². The van der Waals surface area contributed by atoms with Crippen LogP contribution < -0.4 is 4.74 Å². The van der Waals surface area contributed by atoms with Crippen molar-refractivity contribution in [1.82, 2.24) is 0 Å². The molecule has 0 saturated carbocycles. The highest BCUT2D eigenvalue weighted by Crippen LogP contribution is 2.24. The molecule has 2 aromatic carbocycles. The lowest BCUT2D eigenvalue weighted by atomic mass is 10.2. The third-order valence-electron chi connectivity index (χ3n) is 2.55. The van der Waals surface area contributed by atoms with Gasteiger partial charge in [0.25, 0.3) is 10.1 Å². The summed E-state index contributed by atoms with van der Waals surface area (Å²) in [5.74, 6) is -0.331. The molecule has 0 unspecified atom stereocenters. The lowest BCUT2D eigenvalue weighted by Gasteiger charge is -2.08. The van der Waals surface area contributed by atoms with Gasteiger partial charge in [0.2, 0.25) is 0 Å². The molecular weight excluding hydrogens is 649 g/mol. The van der Waals surface area contributed by atoms with Crippen LogP contribution in [0.15, 0.2) is 41.3 Å². The standard InChI is InChI=1S/C13H7I3O5S/c14-7-5-10(12(16)11(15)6-7)13(17)21-8-1-3-9(4-2-8)22(18,19)20/h1-6H,(H,18,19,20). The molecule has 2 aromatic rings. The van der Waals surface area contributed by atoms with E-state index in [0.29, 0.717) is 5.56 Å². The van der Waals surface area contributed by atoms with E-state index in [0.717, 1.165) is 10.7 Å². The molecule has 0 fully saturated rings. The first-order chi connectivity index (χ1) is 10.2. The van der Waals surface area contributed by atoms with E-state index in [9.17, 15) is 13.2 Å². The van der Waals surface area contributed by atoms with Crippen LogP contribution >= 0.6 is 67.8 Å². The first kappa shape index (κ1) is 18.4. The summed E-state index contributed by atoms with van der Waals surface area (Å²) in [5.41, 5.74) is 0.441. The quantitative estimate of drug-likeness (QED) is 0.178. The van der Waals surface area contributed by atoms with Crippen LogP contribution in [0.4, 0.5) is 0 Å². The van der Waals surface area contributed by atoms with Gasteiger partial charge in [0.15, 0.2) is 0 Å². The molecule has 0 heterocycles. The van der Waals surface area contributed by atoms with Crippen LogP contribution in [-0.2, 0) is 10.1 Å². The van der Waals surface area contributed by atoms with Gasteiger partial charge in [-0.3, -0.25) is 4.55 Å². The first-order valence-electron chi connectivity index (χ1n) is 5.63. The van der Waals surface area contributed by atoms with Gasteiger partial charge in [0.1, 0.15) is 5.75 Å². The fourth-order valence-electron chi connectivity index (χ4n) is 1.55. The average Bonchev–Trinajstić information content (AvgIpc) is 2.42. The minimum Gasteiger partial charge on any atom is -0.423 e. The highest BCUT2D eigenvalue weighted by molar-refractivity contribution is 14.1. The van der Waals surface area contributed by atoms with Crippen LogP contribution in [0, 0.1) is 10.7 Å². The van der Waals surface area contributed by atoms with Crippen molar-refractivity contribution < 1.29 is 22.5 Å². The first-order valence-corrected chi connectivity index (χ1v) is 10.3. The predicted molar refractivity (Wildman–Crippen MR) is 106 cm³/mol. The Morgan fingerprint density at radius 1 is 1.05 bits per heavy atom. The SMILES string of the molecule is O=C(Oc1ccc(S(=O)(=O)O)cc1)c1cc(I)cc(I)c1I. The topological polar surface area (TPSA) is 80.7 Å². The number of halogens is 3. The normalized spacial score (nSPS) is 11.3. The van der Waals surface area contributed by atoms with E-state index in [-0.39, 0.29) is 10.6 Å². The van der Waals surface area contributed by atoms with Crippen LogP contribution in [0.2, 0.25) is 0 Å². The second-order valence-corrected chi connectivity index (χ2v) is 8.99. The molecule has 5 nitrogen and oxygen atoms in total. The van der Waals surface area contributed by atoms with Gasteiger partial charge in [-0.15, -0.1) is 0 Å². The Hall–Kier alpha value is 0.0100. The third kappa shape index (κ3) is 4.52. The smallest absolute Gasteiger partial charge is 0.344 e. The molecule has 0 bridgehead atoms. The zero-order valence-electron chi connectivity index (χ0n) is 10.6. The summed E-state index contributed by atoms with van der Waals surface area (Å²) in [6, 6.07) is 8.63. The average molecular weight is 656 g/mol. The van der Waals surface area contributed by atoms with E-state index in [1.54, 1.807) is 6.07 Å². The van der Waals surface area contributed by atoms with Gasteiger partial charge in [-0.25, -0.2) is 4.79 Å². The highest BCUT2D eigenvalue weighted by atomic mass is 127. The van der Waals surface area contributed by atoms with E-state index in [4.69, 9.17) is 9.29 Å². The van der Waals surface area contributed by atoms with Crippen LogP contribution in [-0.4, -0.2) is 18.9 Å². The fraction of sp³-hybridized carbons (Fsp3) is 0. The Labute approximate surface area is 168 Å². The summed E-state index contributed by atoms with van der Waals surface area (Å²) in [4.78, 5) is 12.0. The van der Waals surface area contributed by atoms with Crippen molar-refractivity contribution in [2.75, 3.05) is 0 Å². The summed E-state index contributed by atoms with van der Waals surface area (Å²) >= 11 is 6.32. The molecule has 2 rings (SSSR count). The summed E-state index contributed by atoms with van der Waals surface area (Å²) in [6.45, 7) is 0. The second kappa shape index (κ2) is 7.27. The number of benzene rings is 2. The van der Waals surface area contributed by atoms with Gasteiger partial charge in [-0.1, -0.05) is 0 Å². The zero-order valence-corrected chi connectivity index (χ0v) is 17.9. The van der Waals surface area contributed by atoms with E-state index < -0.39 is 16.1 Å². The van der Waals surface area contributed by atoms with Crippen molar-refractivity contribution in [3.8, 4) is 5.75 Å². The van der Waals surface area contributed by atoms with Crippen molar-refractivity contribution in [2.45, 2.75) is 4.90 Å². The number of esters is 1. The molecule has 0 aliphatic rings. The van der Waals surface area contributed by atoms with Crippen LogP contribution in [0.25, 0.3) is 0 Å². The lowest BCUT2D eigenvalue weighted by molar-refractivity contribution is 0.0733. The Morgan fingerprint density at radius 3 is 2.18 bits per heavy atom. The summed E-state index contributed by atoms with van der Waals surface area (Å²) in [7, 11) is -4.26. The number of rotatable bonds is 3. The Bertz CT molecular complexity index is 831. The van der Waals surface area contributed by atoms with Crippen molar-refractivity contribution in [3.05, 3.63) is 52.7 Å². The fourth-order valence-corrected chi connectivity index (χ4v) is 4.40. The summed E-state index contributed by atoms with van der Waals surface area (Å²) < 4.78 is 38.7. The third-order valence-corrected chi connectivity index (χ3v) is 7.08. The molecule has 22 heavy (non-hydrogen) atoms. The maximum Gasteiger partial charge on any atom is 0.344 e.